The molecule has 1 aromatic rings. The van der Waals surface area contributed by atoms with Crippen molar-refractivity contribution in [2.24, 2.45) is 0 Å². The molecule has 0 aliphatic carbocycles. The summed E-state index contributed by atoms with van der Waals surface area (Å²) >= 11 is 0. The van der Waals surface area contributed by atoms with Gasteiger partial charge in [-0.05, 0) is 31.0 Å². The van der Waals surface area contributed by atoms with Crippen LogP contribution in [0.3, 0.4) is 0 Å². The van der Waals surface area contributed by atoms with E-state index in [1.54, 1.807) is 12.1 Å². The predicted octanol–water partition coefficient (Wildman–Crippen LogP) is 1.58. The monoisotopic (exact) mass is 366 g/mol. The zero-order chi connectivity index (χ0) is 19.7. The lowest BCUT2D eigenvalue weighted by Gasteiger charge is -2.31. The summed E-state index contributed by atoms with van der Waals surface area (Å²) in [7, 11) is 2.96. The number of aliphatic carboxylic acids is 1. The van der Waals surface area contributed by atoms with Crippen LogP contribution in [0.1, 0.15) is 43.5 Å². The molecular weight excluding hydrogens is 340 g/mol. The topological polar surface area (TPSA) is 114 Å². The van der Waals surface area contributed by atoms with Crippen molar-refractivity contribution in [3.8, 4) is 11.5 Å². The zero-order valence-electron chi connectivity index (χ0n) is 15.5. The van der Waals surface area contributed by atoms with Crippen molar-refractivity contribution >= 4 is 17.8 Å². The van der Waals surface area contributed by atoms with E-state index in [9.17, 15) is 14.4 Å². The fraction of sp³-hybridized carbons (Fsp3) is 0.500. The van der Waals surface area contributed by atoms with Crippen LogP contribution in [0.5, 0.6) is 11.5 Å². The fourth-order valence-electron chi connectivity index (χ4n) is 2.59. The minimum absolute atomic E-state index is 0.171. The molecule has 0 radical (unpaired) electrons. The molecule has 3 N–H and O–H groups in total. The van der Waals surface area contributed by atoms with E-state index in [2.05, 4.69) is 10.6 Å². The van der Waals surface area contributed by atoms with Gasteiger partial charge in [0.05, 0.1) is 32.7 Å². The molecule has 26 heavy (non-hydrogen) atoms. The third-order valence-corrected chi connectivity index (χ3v) is 4.30. The normalized spacial score (nSPS) is 10.8. The third-order valence-electron chi connectivity index (χ3n) is 4.30. The summed E-state index contributed by atoms with van der Waals surface area (Å²) in [6, 6.07) is 4.67. The van der Waals surface area contributed by atoms with E-state index in [1.807, 2.05) is 13.8 Å². The number of carboxylic acids is 1. The van der Waals surface area contributed by atoms with E-state index in [1.165, 1.54) is 20.3 Å². The number of benzene rings is 1. The molecule has 0 unspecified atom stereocenters. The molecule has 0 aliphatic rings. The number of carbonyl (C=O) groups is 3. The smallest absolute Gasteiger partial charge is 0.305 e. The number of ether oxygens (including phenoxy) is 2. The van der Waals surface area contributed by atoms with E-state index in [0.29, 0.717) is 29.9 Å². The molecule has 2 amide bonds. The maximum Gasteiger partial charge on any atom is 0.305 e. The molecule has 8 heteroatoms. The van der Waals surface area contributed by atoms with Gasteiger partial charge < -0.3 is 25.2 Å². The Kier molecular flexibility index (Phi) is 7.89. The molecule has 0 aromatic heterocycles. The molecule has 0 fully saturated rings. The van der Waals surface area contributed by atoms with Crippen LogP contribution in [-0.4, -0.2) is 49.2 Å². The van der Waals surface area contributed by atoms with Gasteiger partial charge in [-0.15, -0.1) is 0 Å². The Morgan fingerprint density at radius 2 is 1.69 bits per heavy atom. The van der Waals surface area contributed by atoms with Crippen LogP contribution in [-0.2, 0) is 9.59 Å². The number of methoxy groups -OCH3 is 2. The number of rotatable bonds is 10. The quantitative estimate of drug-likeness (QED) is 0.579. The van der Waals surface area contributed by atoms with Crippen LogP contribution in [0.25, 0.3) is 0 Å². The van der Waals surface area contributed by atoms with Crippen molar-refractivity contribution in [1.29, 1.82) is 0 Å². The maximum atomic E-state index is 12.2. The average molecular weight is 366 g/mol. The van der Waals surface area contributed by atoms with Crippen molar-refractivity contribution in [3.63, 3.8) is 0 Å². The second-order valence-electron chi connectivity index (χ2n) is 5.86. The van der Waals surface area contributed by atoms with Crippen LogP contribution < -0.4 is 20.1 Å². The number of amides is 2. The van der Waals surface area contributed by atoms with Gasteiger partial charge >= 0.3 is 5.97 Å². The van der Waals surface area contributed by atoms with Gasteiger partial charge in [-0.3, -0.25) is 14.4 Å². The van der Waals surface area contributed by atoms with Crippen molar-refractivity contribution in [3.05, 3.63) is 23.8 Å². The molecule has 8 nitrogen and oxygen atoms in total. The highest BCUT2D eigenvalue weighted by Gasteiger charge is 2.30. The number of hydrogen-bond donors (Lipinski definition) is 3. The molecule has 0 bridgehead atoms. The Morgan fingerprint density at radius 1 is 1.08 bits per heavy atom. The van der Waals surface area contributed by atoms with Gasteiger partial charge in [0.2, 0.25) is 5.91 Å². The molecule has 144 valence electrons. The van der Waals surface area contributed by atoms with Gasteiger partial charge in [0.1, 0.15) is 0 Å². The first-order valence-electron chi connectivity index (χ1n) is 8.33. The summed E-state index contributed by atoms with van der Waals surface area (Å²) < 4.78 is 10.3. The van der Waals surface area contributed by atoms with Crippen LogP contribution >= 0.6 is 0 Å². The molecule has 0 atom stereocenters. The van der Waals surface area contributed by atoms with Gasteiger partial charge in [-0.1, -0.05) is 13.8 Å². The highest BCUT2D eigenvalue weighted by Crippen LogP contribution is 2.27. The molecular formula is C18H26N2O6. The lowest BCUT2D eigenvalue weighted by molar-refractivity contribution is -0.139. The molecule has 0 saturated heterocycles. The van der Waals surface area contributed by atoms with E-state index >= 15 is 0 Å². The van der Waals surface area contributed by atoms with Gasteiger partial charge in [-0.2, -0.15) is 0 Å². The highest BCUT2D eigenvalue weighted by atomic mass is 16.5. The van der Waals surface area contributed by atoms with Crippen LogP contribution in [0.2, 0.25) is 0 Å². The number of carboxylic acid groups (broad SMARTS) is 1. The summed E-state index contributed by atoms with van der Waals surface area (Å²) in [5.74, 6) is -0.974. The molecule has 0 saturated carbocycles. The van der Waals surface area contributed by atoms with E-state index < -0.39 is 23.3 Å². The minimum atomic E-state index is -0.983. The third kappa shape index (κ3) is 5.65. The first-order chi connectivity index (χ1) is 12.3. The molecule has 0 heterocycles. The lowest BCUT2D eigenvalue weighted by atomic mass is 9.89. The Morgan fingerprint density at radius 3 is 2.19 bits per heavy atom. The van der Waals surface area contributed by atoms with Gasteiger partial charge in [0.25, 0.3) is 5.91 Å². The summed E-state index contributed by atoms with van der Waals surface area (Å²) in [4.78, 5) is 35.4. The zero-order valence-corrected chi connectivity index (χ0v) is 15.5. The lowest BCUT2D eigenvalue weighted by Crippen LogP contribution is -2.52. The summed E-state index contributed by atoms with van der Waals surface area (Å²) in [5, 5.41) is 14.3. The number of hydrogen-bond acceptors (Lipinski definition) is 5. The van der Waals surface area contributed by atoms with Crippen molar-refractivity contribution < 1.29 is 29.0 Å². The van der Waals surface area contributed by atoms with Gasteiger partial charge in [0, 0.05) is 5.56 Å². The molecule has 0 aliphatic heterocycles. The largest absolute Gasteiger partial charge is 0.493 e. The van der Waals surface area contributed by atoms with Crippen molar-refractivity contribution in [2.45, 2.75) is 38.6 Å². The molecule has 1 rings (SSSR count). The first-order valence-corrected chi connectivity index (χ1v) is 8.33. The minimum Gasteiger partial charge on any atom is -0.493 e. The standard InChI is InChI=1S/C18H26N2O6/c1-5-18(6-2,10-16(22)23)20-15(21)11-19-17(24)12-7-8-13(25-3)14(9-12)26-4/h7-9H,5-6,10-11H2,1-4H3,(H,19,24)(H,20,21)(H,22,23). The summed E-state index contributed by atoms with van der Waals surface area (Å²) in [5.41, 5.74) is -0.505. The van der Waals surface area contributed by atoms with Crippen LogP contribution in [0, 0.1) is 0 Å². The Labute approximate surface area is 152 Å². The fourth-order valence-corrected chi connectivity index (χ4v) is 2.59. The van der Waals surface area contributed by atoms with E-state index in [0.717, 1.165) is 0 Å². The summed E-state index contributed by atoms with van der Waals surface area (Å²) in [6.45, 7) is 3.37. The predicted molar refractivity (Wildman–Crippen MR) is 95.6 cm³/mol. The van der Waals surface area contributed by atoms with Crippen LogP contribution in [0.15, 0.2) is 18.2 Å². The van der Waals surface area contributed by atoms with E-state index in [-0.39, 0.29) is 13.0 Å². The Bertz CT molecular complexity index is 655. The SMILES string of the molecule is CCC(CC)(CC(=O)O)NC(=O)CNC(=O)c1ccc(OC)c(OC)c1. The number of carbonyl (C=O) groups excluding carboxylic acids is 2. The van der Waals surface area contributed by atoms with Crippen LogP contribution in [0.4, 0.5) is 0 Å². The molecule has 0 spiro atoms. The molecule has 1 aromatic carbocycles. The second-order valence-corrected chi connectivity index (χ2v) is 5.86. The van der Waals surface area contributed by atoms with Gasteiger partial charge in [-0.25, -0.2) is 0 Å². The Balaban J connectivity index is 2.71. The number of nitrogens with one attached hydrogen (secondary N) is 2. The highest BCUT2D eigenvalue weighted by molar-refractivity contribution is 5.97. The van der Waals surface area contributed by atoms with Crippen molar-refractivity contribution in [2.75, 3.05) is 20.8 Å². The second kappa shape index (κ2) is 9.65. The average Bonchev–Trinajstić information content (AvgIpc) is 2.64. The first kappa shape index (κ1) is 21.3. The summed E-state index contributed by atoms with van der Waals surface area (Å²) in [6.07, 6.45) is 0.783. The van der Waals surface area contributed by atoms with Gasteiger partial charge in [0.15, 0.2) is 11.5 Å². The maximum absolute atomic E-state index is 12.2. The van der Waals surface area contributed by atoms with E-state index in [4.69, 9.17) is 14.6 Å². The Hall–Kier alpha value is -2.77. The van der Waals surface area contributed by atoms with Crippen molar-refractivity contribution in [1.82, 2.24) is 10.6 Å².